The Morgan fingerprint density at radius 1 is 1.20 bits per heavy atom. The predicted molar refractivity (Wildman–Crippen MR) is 79.2 cm³/mol. The van der Waals surface area contributed by atoms with E-state index in [0.717, 1.165) is 32.2 Å². The number of rotatable bonds is 5. The van der Waals surface area contributed by atoms with Gasteiger partial charge in [0.2, 0.25) is 11.8 Å². The zero-order chi connectivity index (χ0) is 14.5. The lowest BCUT2D eigenvalue weighted by Crippen LogP contribution is -2.61. The zero-order valence-corrected chi connectivity index (χ0v) is 12.9. The quantitative estimate of drug-likeness (QED) is 0.840. The van der Waals surface area contributed by atoms with Gasteiger partial charge >= 0.3 is 0 Å². The Labute approximate surface area is 122 Å². The van der Waals surface area contributed by atoms with Gasteiger partial charge in [-0.3, -0.25) is 9.59 Å². The standard InChI is InChI=1S/C16H28N2O2/c1-12(2)7-6-10-18-14(19)11-17-16(20)15(18)13-8-4-3-5-9-13/h12-13,15H,3-11H2,1-2H3,(H,17,20). The number of piperazine rings is 1. The highest BCUT2D eigenvalue weighted by Crippen LogP contribution is 2.30. The van der Waals surface area contributed by atoms with Crippen molar-refractivity contribution in [3.05, 3.63) is 0 Å². The van der Waals surface area contributed by atoms with Crippen molar-refractivity contribution in [1.82, 2.24) is 10.2 Å². The first-order valence-electron chi connectivity index (χ1n) is 8.16. The maximum atomic E-state index is 12.2. The van der Waals surface area contributed by atoms with Crippen molar-refractivity contribution in [3.8, 4) is 0 Å². The molecule has 1 aliphatic carbocycles. The van der Waals surface area contributed by atoms with Crippen molar-refractivity contribution in [1.29, 1.82) is 0 Å². The molecule has 114 valence electrons. The van der Waals surface area contributed by atoms with Gasteiger partial charge in [-0.1, -0.05) is 33.1 Å². The lowest BCUT2D eigenvalue weighted by molar-refractivity contribution is -0.148. The van der Waals surface area contributed by atoms with Gasteiger partial charge in [-0.05, 0) is 37.5 Å². The summed E-state index contributed by atoms with van der Waals surface area (Å²) in [5.41, 5.74) is 0. The monoisotopic (exact) mass is 280 g/mol. The molecule has 1 heterocycles. The fraction of sp³-hybridized carbons (Fsp3) is 0.875. The van der Waals surface area contributed by atoms with Crippen LogP contribution in [0.3, 0.4) is 0 Å². The third-order valence-electron chi connectivity index (χ3n) is 4.62. The number of carbonyl (C=O) groups is 2. The summed E-state index contributed by atoms with van der Waals surface area (Å²) in [6.07, 6.45) is 7.96. The minimum Gasteiger partial charge on any atom is -0.345 e. The van der Waals surface area contributed by atoms with Crippen LogP contribution in [0.15, 0.2) is 0 Å². The number of nitrogens with zero attached hydrogens (tertiary/aromatic N) is 1. The lowest BCUT2D eigenvalue weighted by atomic mass is 9.82. The van der Waals surface area contributed by atoms with Crippen LogP contribution in [0.5, 0.6) is 0 Å². The van der Waals surface area contributed by atoms with E-state index in [1.807, 2.05) is 4.90 Å². The summed E-state index contributed by atoms with van der Waals surface area (Å²) in [6, 6.07) is -0.205. The van der Waals surface area contributed by atoms with Gasteiger partial charge in [-0.2, -0.15) is 0 Å². The normalized spacial score (nSPS) is 25.1. The molecule has 2 fully saturated rings. The number of nitrogens with one attached hydrogen (secondary N) is 1. The molecule has 20 heavy (non-hydrogen) atoms. The van der Waals surface area contributed by atoms with Crippen molar-refractivity contribution in [2.45, 2.75) is 64.8 Å². The maximum absolute atomic E-state index is 12.2. The summed E-state index contributed by atoms with van der Waals surface area (Å²) < 4.78 is 0. The number of hydrogen-bond donors (Lipinski definition) is 1. The lowest BCUT2D eigenvalue weighted by Gasteiger charge is -2.40. The average molecular weight is 280 g/mol. The molecule has 0 bridgehead atoms. The summed E-state index contributed by atoms with van der Waals surface area (Å²) in [5, 5.41) is 2.78. The Bertz CT molecular complexity index is 348. The molecule has 0 aromatic heterocycles. The van der Waals surface area contributed by atoms with E-state index in [0.29, 0.717) is 11.8 Å². The van der Waals surface area contributed by atoms with Gasteiger partial charge in [-0.15, -0.1) is 0 Å². The van der Waals surface area contributed by atoms with E-state index in [2.05, 4.69) is 19.2 Å². The molecule has 4 nitrogen and oxygen atoms in total. The van der Waals surface area contributed by atoms with Crippen LogP contribution < -0.4 is 5.32 Å². The van der Waals surface area contributed by atoms with Crippen LogP contribution in [0.2, 0.25) is 0 Å². The topological polar surface area (TPSA) is 49.4 Å². The summed E-state index contributed by atoms with van der Waals surface area (Å²) >= 11 is 0. The molecular formula is C16H28N2O2. The van der Waals surface area contributed by atoms with Crippen molar-refractivity contribution in [3.63, 3.8) is 0 Å². The van der Waals surface area contributed by atoms with Crippen molar-refractivity contribution in [2.24, 2.45) is 11.8 Å². The average Bonchev–Trinajstić information content (AvgIpc) is 2.43. The molecule has 1 N–H and O–H groups in total. The highest BCUT2D eigenvalue weighted by atomic mass is 16.2. The molecule has 4 heteroatoms. The second-order valence-corrected chi connectivity index (χ2v) is 6.68. The molecule has 1 unspecified atom stereocenters. The number of hydrogen-bond acceptors (Lipinski definition) is 2. The SMILES string of the molecule is CC(C)CCCN1C(=O)CNC(=O)C1C1CCCCC1. The van der Waals surface area contributed by atoms with Crippen LogP contribution in [0.4, 0.5) is 0 Å². The third kappa shape index (κ3) is 3.74. The molecule has 0 spiro atoms. The Hall–Kier alpha value is -1.06. The molecule has 1 saturated heterocycles. The molecule has 1 saturated carbocycles. The van der Waals surface area contributed by atoms with Crippen LogP contribution in [-0.2, 0) is 9.59 Å². The van der Waals surface area contributed by atoms with Crippen LogP contribution in [0.1, 0.15) is 58.8 Å². The molecule has 2 rings (SSSR count). The van der Waals surface area contributed by atoms with Gasteiger partial charge in [-0.25, -0.2) is 0 Å². The summed E-state index contributed by atoms with van der Waals surface area (Å²) in [5.74, 6) is 1.19. The van der Waals surface area contributed by atoms with Crippen LogP contribution >= 0.6 is 0 Å². The van der Waals surface area contributed by atoms with Crippen molar-refractivity contribution < 1.29 is 9.59 Å². The Kier molecular flexibility index (Phi) is 5.44. The van der Waals surface area contributed by atoms with Crippen LogP contribution in [-0.4, -0.2) is 35.8 Å². The minimum absolute atomic E-state index is 0.0704. The van der Waals surface area contributed by atoms with Gasteiger partial charge in [0.25, 0.3) is 0 Å². The molecule has 0 aromatic rings. The van der Waals surface area contributed by atoms with E-state index in [-0.39, 0.29) is 24.4 Å². The molecule has 1 atom stereocenters. The van der Waals surface area contributed by atoms with E-state index in [4.69, 9.17) is 0 Å². The highest BCUT2D eigenvalue weighted by Gasteiger charge is 2.39. The summed E-state index contributed by atoms with van der Waals surface area (Å²) in [4.78, 5) is 26.3. The van der Waals surface area contributed by atoms with Gasteiger partial charge < -0.3 is 10.2 Å². The second-order valence-electron chi connectivity index (χ2n) is 6.68. The zero-order valence-electron chi connectivity index (χ0n) is 12.9. The molecule has 0 aromatic carbocycles. The minimum atomic E-state index is -0.205. The molecule has 1 aliphatic heterocycles. The summed E-state index contributed by atoms with van der Waals surface area (Å²) in [6.45, 7) is 5.32. The Morgan fingerprint density at radius 3 is 2.55 bits per heavy atom. The smallest absolute Gasteiger partial charge is 0.243 e. The van der Waals surface area contributed by atoms with E-state index in [1.54, 1.807) is 0 Å². The third-order valence-corrected chi connectivity index (χ3v) is 4.62. The van der Waals surface area contributed by atoms with E-state index in [9.17, 15) is 9.59 Å². The molecule has 2 aliphatic rings. The Balaban J connectivity index is 2.01. The van der Waals surface area contributed by atoms with E-state index in [1.165, 1.54) is 19.3 Å². The van der Waals surface area contributed by atoms with Crippen LogP contribution in [0.25, 0.3) is 0 Å². The molecular weight excluding hydrogens is 252 g/mol. The molecule has 0 radical (unpaired) electrons. The van der Waals surface area contributed by atoms with Gasteiger partial charge in [0.1, 0.15) is 6.04 Å². The van der Waals surface area contributed by atoms with E-state index < -0.39 is 0 Å². The van der Waals surface area contributed by atoms with Gasteiger partial charge in [0.15, 0.2) is 0 Å². The number of carbonyl (C=O) groups excluding carboxylic acids is 2. The van der Waals surface area contributed by atoms with Gasteiger partial charge in [0.05, 0.1) is 6.54 Å². The van der Waals surface area contributed by atoms with Crippen LogP contribution in [0, 0.1) is 11.8 Å². The number of amides is 2. The predicted octanol–water partition coefficient (Wildman–Crippen LogP) is 2.33. The van der Waals surface area contributed by atoms with Crippen molar-refractivity contribution in [2.75, 3.05) is 13.1 Å². The fourth-order valence-electron chi connectivity index (χ4n) is 3.52. The Morgan fingerprint density at radius 2 is 1.90 bits per heavy atom. The van der Waals surface area contributed by atoms with Gasteiger partial charge in [0, 0.05) is 6.54 Å². The largest absolute Gasteiger partial charge is 0.345 e. The highest BCUT2D eigenvalue weighted by molar-refractivity contribution is 5.95. The first kappa shape index (κ1) is 15.3. The first-order valence-corrected chi connectivity index (χ1v) is 8.16. The fourth-order valence-corrected chi connectivity index (χ4v) is 3.52. The van der Waals surface area contributed by atoms with E-state index >= 15 is 0 Å². The second kappa shape index (κ2) is 7.09. The van der Waals surface area contributed by atoms with Crippen molar-refractivity contribution >= 4 is 11.8 Å². The molecule has 2 amide bonds. The maximum Gasteiger partial charge on any atom is 0.243 e. The summed E-state index contributed by atoms with van der Waals surface area (Å²) in [7, 11) is 0. The first-order chi connectivity index (χ1) is 9.59.